The number of nitrogens with zero attached hydrogens (tertiary/aromatic N) is 1. The molecule has 1 saturated heterocycles. The van der Waals surface area contributed by atoms with Gasteiger partial charge in [0.2, 0.25) is 0 Å². The van der Waals surface area contributed by atoms with Crippen molar-refractivity contribution in [3.05, 3.63) is 59.7 Å². The van der Waals surface area contributed by atoms with Crippen LogP contribution in [0.25, 0.3) is 0 Å². The molecule has 1 aliphatic rings. The summed E-state index contributed by atoms with van der Waals surface area (Å²) in [6.07, 6.45) is 3.34. The number of hydrogen-bond acceptors (Lipinski definition) is 3. The predicted molar refractivity (Wildman–Crippen MR) is 97.1 cm³/mol. The van der Waals surface area contributed by atoms with Crippen molar-refractivity contribution in [2.45, 2.75) is 19.3 Å². The van der Waals surface area contributed by atoms with E-state index in [0.717, 1.165) is 25.9 Å². The van der Waals surface area contributed by atoms with Gasteiger partial charge < -0.3 is 15.0 Å². The number of carbonyl (C=O) groups excluding carboxylic acids is 2. The van der Waals surface area contributed by atoms with Crippen LogP contribution in [0.3, 0.4) is 0 Å². The van der Waals surface area contributed by atoms with Crippen LogP contribution < -0.4 is 10.1 Å². The van der Waals surface area contributed by atoms with Crippen LogP contribution >= 0.6 is 0 Å². The molecule has 2 amide bonds. The van der Waals surface area contributed by atoms with Crippen molar-refractivity contribution < 1.29 is 14.3 Å². The van der Waals surface area contributed by atoms with E-state index in [4.69, 9.17) is 4.74 Å². The average Bonchev–Trinajstić information content (AvgIpc) is 2.68. The van der Waals surface area contributed by atoms with E-state index in [-0.39, 0.29) is 11.8 Å². The van der Waals surface area contributed by atoms with E-state index < -0.39 is 0 Å². The number of methoxy groups -OCH3 is 1. The third-order valence-electron chi connectivity index (χ3n) is 4.39. The Balaban J connectivity index is 1.63. The predicted octanol–water partition coefficient (Wildman–Crippen LogP) is 3.57. The summed E-state index contributed by atoms with van der Waals surface area (Å²) in [5.41, 5.74) is 1.87. The van der Waals surface area contributed by atoms with Crippen LogP contribution in [0, 0.1) is 0 Å². The number of rotatable bonds is 4. The van der Waals surface area contributed by atoms with Crippen LogP contribution in [-0.4, -0.2) is 36.9 Å². The molecule has 5 nitrogen and oxygen atoms in total. The third kappa shape index (κ3) is 4.18. The minimum Gasteiger partial charge on any atom is -0.497 e. The lowest BCUT2D eigenvalue weighted by atomic mass is 10.1. The molecule has 3 rings (SSSR count). The lowest BCUT2D eigenvalue weighted by Gasteiger charge is -2.26. The smallest absolute Gasteiger partial charge is 0.255 e. The van der Waals surface area contributed by atoms with Crippen LogP contribution in [0.4, 0.5) is 5.69 Å². The Morgan fingerprint density at radius 1 is 0.880 bits per heavy atom. The lowest BCUT2D eigenvalue weighted by molar-refractivity contribution is 0.0724. The topological polar surface area (TPSA) is 58.6 Å². The minimum absolute atomic E-state index is 0.0627. The summed E-state index contributed by atoms with van der Waals surface area (Å²) in [6.45, 7) is 1.66. The SMILES string of the molecule is COc1ccc(C(=O)Nc2ccc(C(=O)N3CCCCC3)cc2)cc1. The molecule has 0 aliphatic carbocycles. The summed E-state index contributed by atoms with van der Waals surface area (Å²) < 4.78 is 5.09. The van der Waals surface area contributed by atoms with Crippen molar-refractivity contribution in [2.75, 3.05) is 25.5 Å². The van der Waals surface area contributed by atoms with E-state index in [0.29, 0.717) is 22.6 Å². The number of anilines is 1. The summed E-state index contributed by atoms with van der Waals surface area (Å²) in [5.74, 6) is 0.572. The normalized spacial score (nSPS) is 14.0. The molecule has 25 heavy (non-hydrogen) atoms. The zero-order valence-corrected chi connectivity index (χ0v) is 14.3. The highest BCUT2D eigenvalue weighted by Gasteiger charge is 2.18. The van der Waals surface area contributed by atoms with Gasteiger partial charge in [-0.3, -0.25) is 9.59 Å². The highest BCUT2D eigenvalue weighted by molar-refractivity contribution is 6.04. The number of likely N-dealkylation sites (tertiary alicyclic amines) is 1. The van der Waals surface area contributed by atoms with Gasteiger partial charge in [-0.1, -0.05) is 0 Å². The Kier molecular flexibility index (Phi) is 5.33. The standard InChI is InChI=1S/C20H22N2O3/c1-25-18-11-7-15(8-12-18)19(23)21-17-9-5-16(6-10-17)20(24)22-13-3-2-4-14-22/h5-12H,2-4,13-14H2,1H3,(H,21,23). The van der Waals surface area contributed by atoms with Crippen molar-refractivity contribution in [3.8, 4) is 5.75 Å². The first kappa shape index (κ1) is 17.0. The maximum absolute atomic E-state index is 12.4. The first-order valence-corrected chi connectivity index (χ1v) is 8.52. The molecule has 0 saturated carbocycles. The Bertz CT molecular complexity index is 733. The number of nitrogens with one attached hydrogen (secondary N) is 1. The third-order valence-corrected chi connectivity index (χ3v) is 4.39. The van der Waals surface area contributed by atoms with Crippen molar-refractivity contribution in [1.29, 1.82) is 0 Å². The Morgan fingerprint density at radius 3 is 2.08 bits per heavy atom. The molecular weight excluding hydrogens is 316 g/mol. The van der Waals surface area contributed by atoms with E-state index in [2.05, 4.69) is 5.32 Å². The number of ether oxygens (including phenoxy) is 1. The molecule has 0 spiro atoms. The molecule has 1 heterocycles. The fourth-order valence-electron chi connectivity index (χ4n) is 2.92. The Labute approximate surface area is 147 Å². The highest BCUT2D eigenvalue weighted by Crippen LogP contribution is 2.17. The molecule has 2 aromatic rings. The molecule has 0 radical (unpaired) electrons. The number of hydrogen-bond donors (Lipinski definition) is 1. The van der Waals surface area contributed by atoms with Crippen LogP contribution in [0.5, 0.6) is 5.75 Å². The van der Waals surface area contributed by atoms with Gasteiger partial charge in [-0.05, 0) is 67.8 Å². The number of benzene rings is 2. The number of piperidine rings is 1. The maximum Gasteiger partial charge on any atom is 0.255 e. The first-order valence-electron chi connectivity index (χ1n) is 8.52. The fourth-order valence-corrected chi connectivity index (χ4v) is 2.92. The van der Waals surface area contributed by atoms with Gasteiger partial charge in [0.1, 0.15) is 5.75 Å². The van der Waals surface area contributed by atoms with Gasteiger partial charge in [0, 0.05) is 29.9 Å². The van der Waals surface area contributed by atoms with Crippen LogP contribution in [0.15, 0.2) is 48.5 Å². The van der Waals surface area contributed by atoms with Crippen molar-refractivity contribution in [2.24, 2.45) is 0 Å². The van der Waals surface area contributed by atoms with Gasteiger partial charge in [0.05, 0.1) is 7.11 Å². The highest BCUT2D eigenvalue weighted by atomic mass is 16.5. The second-order valence-corrected chi connectivity index (χ2v) is 6.11. The van der Waals surface area contributed by atoms with Gasteiger partial charge >= 0.3 is 0 Å². The van der Waals surface area contributed by atoms with Gasteiger partial charge in [0.25, 0.3) is 11.8 Å². The largest absolute Gasteiger partial charge is 0.497 e. The van der Waals surface area contributed by atoms with E-state index >= 15 is 0 Å². The molecule has 1 fully saturated rings. The maximum atomic E-state index is 12.4. The first-order chi connectivity index (χ1) is 12.2. The van der Waals surface area contributed by atoms with Crippen molar-refractivity contribution in [3.63, 3.8) is 0 Å². The number of amides is 2. The van der Waals surface area contributed by atoms with Gasteiger partial charge in [0.15, 0.2) is 0 Å². The van der Waals surface area contributed by atoms with Gasteiger partial charge in [-0.15, -0.1) is 0 Å². The quantitative estimate of drug-likeness (QED) is 0.927. The molecular formula is C20H22N2O3. The molecule has 130 valence electrons. The molecule has 5 heteroatoms. The molecule has 0 aromatic heterocycles. The Hall–Kier alpha value is -2.82. The summed E-state index contributed by atoms with van der Waals surface area (Å²) in [6, 6.07) is 14.0. The molecule has 0 unspecified atom stereocenters. The van der Waals surface area contributed by atoms with E-state index in [9.17, 15) is 9.59 Å². The van der Waals surface area contributed by atoms with Crippen LogP contribution in [-0.2, 0) is 0 Å². The molecule has 1 N–H and O–H groups in total. The second-order valence-electron chi connectivity index (χ2n) is 6.11. The second kappa shape index (κ2) is 7.83. The molecule has 0 atom stereocenters. The van der Waals surface area contributed by atoms with Crippen molar-refractivity contribution in [1.82, 2.24) is 4.90 Å². The average molecular weight is 338 g/mol. The van der Waals surface area contributed by atoms with Gasteiger partial charge in [-0.25, -0.2) is 0 Å². The lowest BCUT2D eigenvalue weighted by Crippen LogP contribution is -2.35. The van der Waals surface area contributed by atoms with E-state index in [1.54, 1.807) is 55.6 Å². The summed E-state index contributed by atoms with van der Waals surface area (Å²) >= 11 is 0. The molecule has 2 aromatic carbocycles. The van der Waals surface area contributed by atoms with Crippen molar-refractivity contribution >= 4 is 17.5 Å². The molecule has 1 aliphatic heterocycles. The summed E-state index contributed by atoms with van der Waals surface area (Å²) in [5, 5.41) is 2.84. The zero-order valence-electron chi connectivity index (χ0n) is 14.3. The molecule has 0 bridgehead atoms. The fraction of sp³-hybridized carbons (Fsp3) is 0.300. The summed E-state index contributed by atoms with van der Waals surface area (Å²) in [7, 11) is 1.59. The van der Waals surface area contributed by atoms with Crippen LogP contribution in [0.2, 0.25) is 0 Å². The van der Waals surface area contributed by atoms with Crippen LogP contribution in [0.1, 0.15) is 40.0 Å². The summed E-state index contributed by atoms with van der Waals surface area (Å²) in [4.78, 5) is 26.6. The van der Waals surface area contributed by atoms with E-state index in [1.165, 1.54) is 6.42 Å². The minimum atomic E-state index is -0.197. The Morgan fingerprint density at radius 2 is 1.48 bits per heavy atom. The number of carbonyl (C=O) groups is 2. The van der Waals surface area contributed by atoms with Gasteiger partial charge in [-0.2, -0.15) is 0 Å². The zero-order chi connectivity index (χ0) is 17.6. The van der Waals surface area contributed by atoms with E-state index in [1.807, 2.05) is 4.90 Å². The monoisotopic (exact) mass is 338 g/mol.